The highest BCUT2D eigenvalue weighted by atomic mass is 15.3. The molecule has 1 aliphatic carbocycles. The Morgan fingerprint density at radius 1 is 1.33 bits per heavy atom. The third kappa shape index (κ3) is 2.25. The second-order valence-electron chi connectivity index (χ2n) is 5.26. The van der Waals surface area contributed by atoms with Crippen LogP contribution in [0.4, 0.5) is 0 Å². The van der Waals surface area contributed by atoms with E-state index in [1.807, 2.05) is 28.8 Å². The lowest BCUT2D eigenvalue weighted by Gasteiger charge is -2.19. The lowest BCUT2D eigenvalue weighted by atomic mass is 10.00. The summed E-state index contributed by atoms with van der Waals surface area (Å²) in [6.07, 6.45) is 7.55. The van der Waals surface area contributed by atoms with Gasteiger partial charge in [-0.25, -0.2) is 0 Å². The van der Waals surface area contributed by atoms with Crippen molar-refractivity contribution in [3.05, 3.63) is 30.2 Å². The largest absolute Gasteiger partial charge is 0.307 e. The van der Waals surface area contributed by atoms with Gasteiger partial charge in [-0.1, -0.05) is 18.9 Å². The van der Waals surface area contributed by atoms with Crippen molar-refractivity contribution < 1.29 is 0 Å². The van der Waals surface area contributed by atoms with Gasteiger partial charge in [0.2, 0.25) is 0 Å². The number of aromatic nitrogens is 3. The van der Waals surface area contributed by atoms with Crippen LogP contribution in [0, 0.1) is 5.92 Å². The molecule has 1 unspecified atom stereocenters. The molecule has 2 heterocycles. The van der Waals surface area contributed by atoms with E-state index < -0.39 is 0 Å². The molecular formula is C14H20N4. The Labute approximate surface area is 107 Å². The maximum Gasteiger partial charge on any atom is 0.160 e. The summed E-state index contributed by atoms with van der Waals surface area (Å²) in [7, 11) is 0. The summed E-state index contributed by atoms with van der Waals surface area (Å²) >= 11 is 0. The zero-order valence-electron chi connectivity index (χ0n) is 10.8. The molecule has 1 saturated carbocycles. The normalized spacial score (nSPS) is 18.5. The van der Waals surface area contributed by atoms with Gasteiger partial charge < -0.3 is 5.32 Å². The van der Waals surface area contributed by atoms with Crippen LogP contribution in [0.5, 0.6) is 0 Å². The summed E-state index contributed by atoms with van der Waals surface area (Å²) in [5.41, 5.74) is 0.919. The first-order chi connectivity index (χ1) is 8.84. The summed E-state index contributed by atoms with van der Waals surface area (Å²) < 4.78 is 2.05. The molecule has 4 heteroatoms. The first-order valence-electron chi connectivity index (χ1n) is 6.86. The number of nitrogens with zero attached hydrogens (tertiary/aromatic N) is 3. The summed E-state index contributed by atoms with van der Waals surface area (Å²) in [6.45, 7) is 3.09. The molecule has 0 saturated heterocycles. The van der Waals surface area contributed by atoms with Gasteiger partial charge in [0.25, 0.3) is 0 Å². The fourth-order valence-corrected chi connectivity index (χ4v) is 2.89. The lowest BCUT2D eigenvalue weighted by Crippen LogP contribution is -2.32. The predicted molar refractivity (Wildman–Crippen MR) is 71.2 cm³/mol. The van der Waals surface area contributed by atoms with Crippen LogP contribution < -0.4 is 5.32 Å². The Hall–Kier alpha value is -1.42. The molecule has 0 aromatic carbocycles. The fraction of sp³-hybridized carbons (Fsp3) is 0.571. The number of fused-ring (bicyclic) bond motifs is 1. The van der Waals surface area contributed by atoms with Crippen molar-refractivity contribution in [2.24, 2.45) is 5.92 Å². The Morgan fingerprint density at radius 2 is 2.17 bits per heavy atom. The summed E-state index contributed by atoms with van der Waals surface area (Å²) in [4.78, 5) is 0. The van der Waals surface area contributed by atoms with Crippen LogP contribution in [-0.2, 0) is 6.54 Å². The maximum absolute atomic E-state index is 4.24. The first-order valence-corrected chi connectivity index (χ1v) is 6.86. The SMILES string of the molecule is CC(NCc1nnc2ccccn12)C1CCCC1. The molecule has 0 bridgehead atoms. The fourth-order valence-electron chi connectivity index (χ4n) is 2.89. The molecule has 1 fully saturated rings. The quantitative estimate of drug-likeness (QED) is 0.898. The van der Waals surface area contributed by atoms with Crippen LogP contribution in [0.1, 0.15) is 38.4 Å². The molecule has 1 aliphatic rings. The van der Waals surface area contributed by atoms with E-state index in [4.69, 9.17) is 0 Å². The van der Waals surface area contributed by atoms with Crippen molar-refractivity contribution in [3.63, 3.8) is 0 Å². The van der Waals surface area contributed by atoms with E-state index in [2.05, 4.69) is 22.4 Å². The topological polar surface area (TPSA) is 42.2 Å². The van der Waals surface area contributed by atoms with Gasteiger partial charge in [0.1, 0.15) is 0 Å². The Morgan fingerprint density at radius 3 is 3.00 bits per heavy atom. The summed E-state index contributed by atoms with van der Waals surface area (Å²) in [5, 5.41) is 12.0. The second kappa shape index (κ2) is 5.06. The molecule has 4 nitrogen and oxygen atoms in total. The minimum Gasteiger partial charge on any atom is -0.307 e. The number of pyridine rings is 1. The van der Waals surface area contributed by atoms with Gasteiger partial charge >= 0.3 is 0 Å². The van der Waals surface area contributed by atoms with Crippen LogP contribution in [0.3, 0.4) is 0 Å². The molecule has 2 aromatic rings. The van der Waals surface area contributed by atoms with Gasteiger partial charge in [0, 0.05) is 12.2 Å². The van der Waals surface area contributed by atoms with Crippen molar-refractivity contribution in [2.45, 2.75) is 45.2 Å². The van der Waals surface area contributed by atoms with Crippen molar-refractivity contribution >= 4 is 5.65 Å². The Balaban J connectivity index is 1.65. The van der Waals surface area contributed by atoms with Gasteiger partial charge in [-0.05, 0) is 37.8 Å². The van der Waals surface area contributed by atoms with E-state index in [1.165, 1.54) is 25.7 Å². The molecule has 0 radical (unpaired) electrons. The average Bonchev–Trinajstić information content (AvgIpc) is 3.06. The number of hydrogen-bond acceptors (Lipinski definition) is 3. The van der Waals surface area contributed by atoms with Gasteiger partial charge in [0.05, 0.1) is 6.54 Å². The van der Waals surface area contributed by atoms with Crippen molar-refractivity contribution in [1.29, 1.82) is 0 Å². The van der Waals surface area contributed by atoms with E-state index in [9.17, 15) is 0 Å². The molecule has 1 atom stereocenters. The lowest BCUT2D eigenvalue weighted by molar-refractivity contribution is 0.376. The van der Waals surface area contributed by atoms with Gasteiger partial charge in [-0.3, -0.25) is 4.40 Å². The second-order valence-corrected chi connectivity index (χ2v) is 5.26. The monoisotopic (exact) mass is 244 g/mol. The van der Waals surface area contributed by atoms with E-state index >= 15 is 0 Å². The van der Waals surface area contributed by atoms with E-state index in [1.54, 1.807) is 0 Å². The number of hydrogen-bond donors (Lipinski definition) is 1. The van der Waals surface area contributed by atoms with Crippen LogP contribution in [0.15, 0.2) is 24.4 Å². The van der Waals surface area contributed by atoms with Crippen LogP contribution >= 0.6 is 0 Å². The Bertz CT molecular complexity index is 513. The van der Waals surface area contributed by atoms with Crippen molar-refractivity contribution in [1.82, 2.24) is 19.9 Å². The zero-order chi connectivity index (χ0) is 12.4. The minimum atomic E-state index is 0.573. The van der Waals surface area contributed by atoms with Crippen LogP contribution in [0.2, 0.25) is 0 Å². The molecule has 1 N–H and O–H groups in total. The highest BCUT2D eigenvalue weighted by molar-refractivity contribution is 5.36. The van der Waals surface area contributed by atoms with Crippen molar-refractivity contribution in [3.8, 4) is 0 Å². The highest BCUT2D eigenvalue weighted by Crippen LogP contribution is 2.27. The van der Waals surface area contributed by atoms with Gasteiger partial charge in [-0.15, -0.1) is 10.2 Å². The van der Waals surface area contributed by atoms with Crippen LogP contribution in [0.25, 0.3) is 5.65 Å². The summed E-state index contributed by atoms with van der Waals surface area (Å²) in [5.74, 6) is 1.83. The minimum absolute atomic E-state index is 0.573. The number of rotatable bonds is 4. The predicted octanol–water partition coefficient (Wildman–Crippen LogP) is 2.40. The molecule has 3 rings (SSSR count). The standard InChI is InChI=1S/C14H20N4/c1-11(12-6-2-3-7-12)15-10-14-17-16-13-8-4-5-9-18(13)14/h4-5,8-9,11-12,15H,2-3,6-7,10H2,1H3. The third-order valence-corrected chi connectivity index (χ3v) is 4.07. The smallest absolute Gasteiger partial charge is 0.160 e. The third-order valence-electron chi connectivity index (χ3n) is 4.07. The van der Waals surface area contributed by atoms with Crippen molar-refractivity contribution in [2.75, 3.05) is 0 Å². The molecular weight excluding hydrogens is 224 g/mol. The summed E-state index contributed by atoms with van der Waals surface area (Å²) in [6, 6.07) is 6.56. The van der Waals surface area contributed by atoms with Gasteiger partial charge in [0.15, 0.2) is 11.5 Å². The molecule has 96 valence electrons. The van der Waals surface area contributed by atoms with Crippen LogP contribution in [-0.4, -0.2) is 20.6 Å². The zero-order valence-corrected chi connectivity index (χ0v) is 10.8. The van der Waals surface area contributed by atoms with Gasteiger partial charge in [-0.2, -0.15) is 0 Å². The molecule has 0 aliphatic heterocycles. The maximum atomic E-state index is 4.24. The average molecular weight is 244 g/mol. The molecule has 2 aromatic heterocycles. The number of nitrogens with one attached hydrogen (secondary N) is 1. The van der Waals surface area contributed by atoms with E-state index in [0.29, 0.717) is 6.04 Å². The van der Waals surface area contributed by atoms with E-state index in [0.717, 1.165) is 23.9 Å². The first kappa shape index (κ1) is 11.7. The molecule has 0 amide bonds. The molecule has 18 heavy (non-hydrogen) atoms. The Kier molecular flexibility index (Phi) is 3.28. The molecule has 0 spiro atoms. The van der Waals surface area contributed by atoms with E-state index in [-0.39, 0.29) is 0 Å². The highest BCUT2D eigenvalue weighted by Gasteiger charge is 2.21.